The molecule has 0 aliphatic carbocycles. The number of amides is 2. The van der Waals surface area contributed by atoms with Crippen LogP contribution in [-0.4, -0.2) is 22.0 Å². The minimum absolute atomic E-state index is 0.257. The fourth-order valence-corrected chi connectivity index (χ4v) is 2.78. The van der Waals surface area contributed by atoms with E-state index in [9.17, 15) is 9.59 Å². The topological polar surface area (TPSA) is 86.9 Å². The van der Waals surface area contributed by atoms with E-state index in [1.807, 2.05) is 60.7 Å². The molecule has 0 unspecified atom stereocenters. The average molecular weight is 356 g/mol. The molecule has 0 fully saturated rings. The van der Waals surface area contributed by atoms with Crippen LogP contribution in [0.1, 0.15) is 20.8 Å². The second-order valence-electron chi connectivity index (χ2n) is 6.00. The van der Waals surface area contributed by atoms with Crippen LogP contribution in [0.2, 0.25) is 0 Å². The van der Waals surface area contributed by atoms with E-state index in [0.717, 1.165) is 16.3 Å². The zero-order valence-electron chi connectivity index (χ0n) is 14.3. The van der Waals surface area contributed by atoms with Crippen LogP contribution >= 0.6 is 0 Å². The van der Waals surface area contributed by atoms with Gasteiger partial charge in [-0.1, -0.05) is 60.7 Å². The van der Waals surface area contributed by atoms with E-state index in [-0.39, 0.29) is 5.69 Å². The largest absolute Gasteiger partial charge is 0.287 e. The van der Waals surface area contributed by atoms with E-state index in [2.05, 4.69) is 21.0 Å². The Morgan fingerprint density at radius 3 is 2.26 bits per heavy atom. The van der Waals surface area contributed by atoms with Gasteiger partial charge in [0.2, 0.25) is 0 Å². The summed E-state index contributed by atoms with van der Waals surface area (Å²) in [5.74, 6) is -0.865. The molecule has 0 radical (unpaired) electrons. The molecule has 6 nitrogen and oxygen atoms in total. The van der Waals surface area contributed by atoms with Crippen LogP contribution in [0.15, 0.2) is 78.9 Å². The van der Waals surface area contributed by atoms with Gasteiger partial charge in [-0.05, 0) is 29.0 Å². The minimum Gasteiger partial charge on any atom is -0.272 e. The second-order valence-corrected chi connectivity index (χ2v) is 6.00. The van der Waals surface area contributed by atoms with Crippen molar-refractivity contribution < 1.29 is 9.59 Å². The van der Waals surface area contributed by atoms with Crippen LogP contribution in [-0.2, 0) is 0 Å². The standard InChI is InChI=1S/C21H16N4O2/c26-20(17-11-10-14-6-4-5-9-16(14)12-17)24-25-21(27)19-13-18(22-23-19)15-7-2-1-3-8-15/h1-13H,(H,22,23)(H,24,26)(H,25,27). The van der Waals surface area contributed by atoms with Gasteiger partial charge in [-0.3, -0.25) is 25.5 Å². The number of fused-ring (bicyclic) bond motifs is 1. The van der Waals surface area contributed by atoms with Crippen molar-refractivity contribution in [2.45, 2.75) is 0 Å². The van der Waals surface area contributed by atoms with Crippen LogP contribution in [0.4, 0.5) is 0 Å². The maximum atomic E-state index is 12.3. The summed E-state index contributed by atoms with van der Waals surface area (Å²) in [6.07, 6.45) is 0. The molecular formula is C21H16N4O2. The minimum atomic E-state index is -0.473. The molecule has 6 heteroatoms. The molecule has 0 bridgehead atoms. The number of benzene rings is 3. The van der Waals surface area contributed by atoms with Gasteiger partial charge in [0.1, 0.15) is 5.69 Å². The Balaban J connectivity index is 1.42. The molecular weight excluding hydrogens is 340 g/mol. The second kappa shape index (κ2) is 7.13. The molecule has 4 rings (SSSR count). The highest BCUT2D eigenvalue weighted by Gasteiger charge is 2.13. The number of hydrazine groups is 1. The number of hydrogen-bond donors (Lipinski definition) is 3. The normalized spacial score (nSPS) is 10.5. The summed E-state index contributed by atoms with van der Waals surface area (Å²) in [6, 6.07) is 24.3. The van der Waals surface area contributed by atoms with Gasteiger partial charge in [-0.25, -0.2) is 0 Å². The zero-order chi connectivity index (χ0) is 18.6. The van der Waals surface area contributed by atoms with Gasteiger partial charge in [-0.15, -0.1) is 0 Å². The summed E-state index contributed by atoms with van der Waals surface area (Å²) in [7, 11) is 0. The van der Waals surface area contributed by atoms with E-state index in [1.54, 1.807) is 18.2 Å². The molecule has 0 atom stereocenters. The van der Waals surface area contributed by atoms with Crippen molar-refractivity contribution in [2.75, 3.05) is 0 Å². The SMILES string of the molecule is O=C(NNC(=O)c1cc(-c2ccccc2)n[nH]1)c1ccc2ccccc2c1. The van der Waals surface area contributed by atoms with Gasteiger partial charge in [0.25, 0.3) is 11.8 Å². The number of hydrogen-bond acceptors (Lipinski definition) is 3. The first-order chi connectivity index (χ1) is 13.2. The van der Waals surface area contributed by atoms with Crippen LogP contribution in [0.5, 0.6) is 0 Å². The Morgan fingerprint density at radius 1 is 0.741 bits per heavy atom. The Morgan fingerprint density at radius 2 is 1.44 bits per heavy atom. The lowest BCUT2D eigenvalue weighted by molar-refractivity contribution is 0.0844. The lowest BCUT2D eigenvalue weighted by Gasteiger charge is -2.07. The number of aromatic nitrogens is 2. The molecule has 1 aromatic heterocycles. The molecule has 27 heavy (non-hydrogen) atoms. The summed E-state index contributed by atoms with van der Waals surface area (Å²) >= 11 is 0. The predicted octanol–water partition coefficient (Wildman–Crippen LogP) is 3.30. The lowest BCUT2D eigenvalue weighted by Crippen LogP contribution is -2.41. The van der Waals surface area contributed by atoms with Gasteiger partial charge in [0, 0.05) is 11.1 Å². The molecule has 132 valence electrons. The fraction of sp³-hybridized carbons (Fsp3) is 0. The molecule has 1 heterocycles. The van der Waals surface area contributed by atoms with Crippen LogP contribution in [0, 0.1) is 0 Å². The smallest absolute Gasteiger partial charge is 0.272 e. The summed E-state index contributed by atoms with van der Waals surface area (Å²) in [5, 5.41) is 8.81. The molecule has 0 aliphatic heterocycles. The van der Waals surface area contributed by atoms with Crippen molar-refractivity contribution in [2.24, 2.45) is 0 Å². The van der Waals surface area contributed by atoms with Crippen LogP contribution in [0.25, 0.3) is 22.0 Å². The summed E-state index contributed by atoms with van der Waals surface area (Å²) < 4.78 is 0. The third kappa shape index (κ3) is 3.55. The molecule has 3 N–H and O–H groups in total. The molecule has 2 amide bonds. The monoisotopic (exact) mass is 356 g/mol. The fourth-order valence-electron chi connectivity index (χ4n) is 2.78. The molecule has 0 aliphatic rings. The van der Waals surface area contributed by atoms with Crippen LogP contribution in [0.3, 0.4) is 0 Å². The number of nitrogens with one attached hydrogen (secondary N) is 3. The van der Waals surface area contributed by atoms with E-state index in [1.165, 1.54) is 0 Å². The van der Waals surface area contributed by atoms with E-state index in [0.29, 0.717) is 11.3 Å². The average Bonchev–Trinajstić information content (AvgIpc) is 3.22. The number of carbonyl (C=O) groups excluding carboxylic acids is 2. The maximum absolute atomic E-state index is 12.3. The van der Waals surface area contributed by atoms with E-state index < -0.39 is 11.8 Å². The molecule has 0 spiro atoms. The summed E-state index contributed by atoms with van der Waals surface area (Å²) in [6.45, 7) is 0. The Labute approximate surface area is 155 Å². The van der Waals surface area contributed by atoms with Crippen LogP contribution < -0.4 is 10.9 Å². The molecule has 0 saturated heterocycles. The van der Waals surface area contributed by atoms with Gasteiger partial charge in [0.15, 0.2) is 0 Å². The Kier molecular flexibility index (Phi) is 4.37. The van der Waals surface area contributed by atoms with E-state index in [4.69, 9.17) is 0 Å². The molecule has 0 saturated carbocycles. The van der Waals surface area contributed by atoms with Crippen molar-refractivity contribution in [1.82, 2.24) is 21.0 Å². The first-order valence-corrected chi connectivity index (χ1v) is 8.41. The maximum Gasteiger partial charge on any atom is 0.287 e. The summed E-state index contributed by atoms with van der Waals surface area (Å²) in [4.78, 5) is 24.5. The summed E-state index contributed by atoms with van der Waals surface area (Å²) in [5.41, 5.74) is 7.09. The lowest BCUT2D eigenvalue weighted by atomic mass is 10.1. The van der Waals surface area contributed by atoms with Gasteiger partial charge in [-0.2, -0.15) is 5.10 Å². The third-order valence-corrected chi connectivity index (χ3v) is 4.19. The van der Waals surface area contributed by atoms with Crippen molar-refractivity contribution in [1.29, 1.82) is 0 Å². The third-order valence-electron chi connectivity index (χ3n) is 4.19. The number of aromatic amines is 1. The Bertz CT molecular complexity index is 1120. The number of carbonyl (C=O) groups is 2. The van der Waals surface area contributed by atoms with Gasteiger partial charge < -0.3 is 0 Å². The first kappa shape index (κ1) is 16.5. The zero-order valence-corrected chi connectivity index (χ0v) is 14.3. The number of rotatable bonds is 3. The highest BCUT2D eigenvalue weighted by Crippen LogP contribution is 2.17. The number of nitrogens with zero attached hydrogens (tertiary/aromatic N) is 1. The number of H-pyrrole nitrogens is 1. The van der Waals surface area contributed by atoms with Gasteiger partial charge in [0.05, 0.1) is 5.69 Å². The van der Waals surface area contributed by atoms with Crippen molar-refractivity contribution in [3.63, 3.8) is 0 Å². The van der Waals surface area contributed by atoms with Crippen molar-refractivity contribution >= 4 is 22.6 Å². The quantitative estimate of drug-likeness (QED) is 0.492. The first-order valence-electron chi connectivity index (χ1n) is 8.41. The molecule has 4 aromatic rings. The molecule has 3 aromatic carbocycles. The highest BCUT2D eigenvalue weighted by molar-refractivity contribution is 6.01. The Hall–Kier alpha value is -3.93. The van der Waals surface area contributed by atoms with Gasteiger partial charge >= 0.3 is 0 Å². The van der Waals surface area contributed by atoms with E-state index >= 15 is 0 Å². The van der Waals surface area contributed by atoms with Crippen molar-refractivity contribution in [3.8, 4) is 11.3 Å². The van der Waals surface area contributed by atoms with Crippen molar-refractivity contribution in [3.05, 3.63) is 90.1 Å². The predicted molar refractivity (Wildman–Crippen MR) is 103 cm³/mol. The highest BCUT2D eigenvalue weighted by atomic mass is 16.2.